The van der Waals surface area contributed by atoms with Gasteiger partial charge >= 0.3 is 11.6 Å². The first kappa shape index (κ1) is 12.6. The third-order valence-electron chi connectivity index (χ3n) is 2.61. The Morgan fingerprint density at radius 3 is 2.33 bits per heavy atom. The average Bonchev–Trinajstić information content (AvgIpc) is 2.41. The van der Waals surface area contributed by atoms with Crippen molar-refractivity contribution in [2.24, 2.45) is 0 Å². The number of hydrogen-bond acceptors (Lipinski definition) is 3. The Bertz CT molecular complexity index is 630. The second-order valence-electron chi connectivity index (χ2n) is 3.59. The molecule has 0 fully saturated rings. The van der Waals surface area contributed by atoms with E-state index in [1.165, 1.54) is 19.2 Å². The van der Waals surface area contributed by atoms with Crippen LogP contribution < -0.4 is 14.8 Å². The largest absolute Gasteiger partial charge is 0.618 e. The number of rotatable bonds is 2. The molecule has 1 heterocycles. The van der Waals surface area contributed by atoms with Crippen LogP contribution in [0.5, 0.6) is 0 Å². The number of halogens is 1. The minimum atomic E-state index is -0.588. The van der Waals surface area contributed by atoms with Crippen molar-refractivity contribution in [1.82, 2.24) is 5.32 Å². The van der Waals surface area contributed by atoms with Gasteiger partial charge < -0.3 is 15.7 Å². The van der Waals surface area contributed by atoms with Crippen LogP contribution in [0.4, 0.5) is 0 Å². The van der Waals surface area contributed by atoms with Crippen molar-refractivity contribution in [3.63, 3.8) is 0 Å². The average molecular weight is 312 g/mol. The number of hydrogen-bond donors (Lipinski definition) is 1. The summed E-state index contributed by atoms with van der Waals surface area (Å²) in [6.07, 6.45) is 0. The monoisotopic (exact) mass is 311 g/mol. The van der Waals surface area contributed by atoms with E-state index in [0.29, 0.717) is 9.46 Å². The van der Waals surface area contributed by atoms with Gasteiger partial charge in [-0.1, -0.05) is 28.1 Å². The van der Waals surface area contributed by atoms with E-state index < -0.39 is 5.91 Å². The van der Waals surface area contributed by atoms with E-state index in [0.717, 1.165) is 0 Å². The maximum atomic E-state index is 12.1. The molecule has 18 heavy (non-hydrogen) atoms. The van der Waals surface area contributed by atoms with E-state index in [4.69, 9.17) is 0 Å². The fourth-order valence-electron chi connectivity index (χ4n) is 1.75. The number of nitrogens with zero attached hydrogens (tertiary/aromatic N) is 2. The number of benzene rings is 1. The van der Waals surface area contributed by atoms with Crippen LogP contribution in [0.25, 0.3) is 11.0 Å². The van der Waals surface area contributed by atoms with Crippen LogP contribution in [0.3, 0.4) is 0 Å². The van der Waals surface area contributed by atoms with Crippen molar-refractivity contribution in [3.05, 3.63) is 46.1 Å². The molecule has 0 radical (unpaired) electrons. The number of carbonyl (C=O) groups is 1. The molecule has 7 heteroatoms. The lowest BCUT2D eigenvalue weighted by atomic mass is 10.2. The summed E-state index contributed by atoms with van der Waals surface area (Å²) in [6.45, 7) is 0. The van der Waals surface area contributed by atoms with Gasteiger partial charge in [0.15, 0.2) is 0 Å². The molecule has 1 aromatic heterocycles. The van der Waals surface area contributed by atoms with E-state index >= 15 is 0 Å². The van der Waals surface area contributed by atoms with E-state index in [9.17, 15) is 15.2 Å². The number of amides is 1. The van der Waals surface area contributed by atoms with Crippen LogP contribution in [0, 0.1) is 10.4 Å². The van der Waals surface area contributed by atoms with Crippen LogP contribution in [-0.2, 0) is 5.33 Å². The van der Waals surface area contributed by atoms with Crippen molar-refractivity contribution in [2.75, 3.05) is 7.05 Å². The molecule has 6 nitrogen and oxygen atoms in total. The summed E-state index contributed by atoms with van der Waals surface area (Å²) in [5, 5.41) is 26.7. The predicted octanol–water partition coefficient (Wildman–Crippen LogP) is 0.361. The Morgan fingerprint density at radius 1 is 1.28 bits per heavy atom. The minimum absolute atomic E-state index is 0.0862. The van der Waals surface area contributed by atoms with Gasteiger partial charge in [-0.3, -0.25) is 4.79 Å². The number of para-hydroxylation sites is 2. The van der Waals surface area contributed by atoms with Crippen molar-refractivity contribution < 1.29 is 14.3 Å². The van der Waals surface area contributed by atoms with Gasteiger partial charge in [-0.15, -0.1) is 4.73 Å². The highest BCUT2D eigenvalue weighted by Gasteiger charge is 2.31. The molecule has 0 saturated carbocycles. The quantitative estimate of drug-likeness (QED) is 0.494. The highest BCUT2D eigenvalue weighted by Crippen LogP contribution is 2.11. The van der Waals surface area contributed by atoms with E-state index in [1.807, 2.05) is 0 Å². The van der Waals surface area contributed by atoms with Crippen LogP contribution in [0.15, 0.2) is 24.3 Å². The first-order chi connectivity index (χ1) is 8.61. The molecule has 0 saturated heterocycles. The van der Waals surface area contributed by atoms with Crippen molar-refractivity contribution in [1.29, 1.82) is 0 Å². The third-order valence-corrected chi connectivity index (χ3v) is 3.14. The minimum Gasteiger partial charge on any atom is -0.618 e. The van der Waals surface area contributed by atoms with Gasteiger partial charge in [0.05, 0.1) is 5.33 Å². The fourth-order valence-corrected chi connectivity index (χ4v) is 2.24. The first-order valence-electron chi connectivity index (χ1n) is 5.16. The fraction of sp³-hybridized carbons (Fsp3) is 0.182. The number of aromatic nitrogens is 2. The zero-order valence-electron chi connectivity index (χ0n) is 9.51. The van der Waals surface area contributed by atoms with Gasteiger partial charge in [-0.05, 0) is 0 Å². The van der Waals surface area contributed by atoms with Gasteiger partial charge in [-0.2, -0.15) is 4.73 Å². The van der Waals surface area contributed by atoms with Crippen LogP contribution in [-0.4, -0.2) is 13.0 Å². The Kier molecular flexibility index (Phi) is 3.33. The summed E-state index contributed by atoms with van der Waals surface area (Å²) in [5.41, 5.74) is 0.288. The van der Waals surface area contributed by atoms with E-state index in [1.54, 1.807) is 12.1 Å². The molecule has 2 aromatic rings. The Labute approximate surface area is 111 Å². The SMILES string of the molecule is CNC(=O)c1c(CBr)[n+]([O-])c2ccccc2[n+]1[O-]. The van der Waals surface area contributed by atoms with Gasteiger partial charge in [0.2, 0.25) is 0 Å². The third kappa shape index (κ3) is 1.76. The lowest BCUT2D eigenvalue weighted by molar-refractivity contribution is -0.635. The normalized spacial score (nSPS) is 10.6. The lowest BCUT2D eigenvalue weighted by Crippen LogP contribution is -2.49. The molecule has 0 aliphatic carbocycles. The van der Waals surface area contributed by atoms with Crippen molar-refractivity contribution >= 4 is 32.9 Å². The number of nitrogens with one attached hydrogen (secondary N) is 1. The summed E-state index contributed by atoms with van der Waals surface area (Å²) in [5.74, 6) is -0.588. The summed E-state index contributed by atoms with van der Waals surface area (Å²) in [6, 6.07) is 6.34. The summed E-state index contributed by atoms with van der Waals surface area (Å²) in [7, 11) is 1.41. The van der Waals surface area contributed by atoms with E-state index in [-0.39, 0.29) is 27.8 Å². The molecule has 0 spiro atoms. The first-order valence-corrected chi connectivity index (χ1v) is 6.28. The Balaban J connectivity index is 2.92. The highest BCUT2D eigenvalue weighted by atomic mass is 79.9. The molecule has 0 bridgehead atoms. The molecular formula is C11H10BrN3O3. The number of alkyl halides is 1. The molecule has 1 amide bonds. The predicted molar refractivity (Wildman–Crippen MR) is 67.9 cm³/mol. The van der Waals surface area contributed by atoms with Crippen LogP contribution in [0.1, 0.15) is 16.2 Å². The van der Waals surface area contributed by atoms with Crippen molar-refractivity contribution in [2.45, 2.75) is 5.33 Å². The van der Waals surface area contributed by atoms with Gasteiger partial charge in [-0.25, -0.2) is 0 Å². The standard InChI is InChI=1S/C11H10BrN3O3/c1-13-11(16)10-9(6-12)14(17)7-4-2-3-5-8(7)15(10)18/h2-5H,6H2,1H3,(H,13,16). The van der Waals surface area contributed by atoms with Gasteiger partial charge in [0.1, 0.15) is 0 Å². The maximum absolute atomic E-state index is 12.1. The highest BCUT2D eigenvalue weighted by molar-refractivity contribution is 9.08. The second-order valence-corrected chi connectivity index (χ2v) is 4.15. The molecule has 0 aliphatic heterocycles. The van der Waals surface area contributed by atoms with Gasteiger partial charge in [0, 0.05) is 19.2 Å². The number of fused-ring (bicyclic) bond motifs is 1. The molecule has 0 unspecified atom stereocenters. The van der Waals surface area contributed by atoms with Crippen molar-refractivity contribution in [3.8, 4) is 0 Å². The zero-order chi connectivity index (χ0) is 13.3. The molecule has 1 aromatic carbocycles. The summed E-state index contributed by atoms with van der Waals surface area (Å²) < 4.78 is 1.09. The summed E-state index contributed by atoms with van der Waals surface area (Å²) in [4.78, 5) is 11.7. The molecular weight excluding hydrogens is 302 g/mol. The molecule has 0 aliphatic rings. The number of carbonyl (C=O) groups excluding carboxylic acids is 1. The van der Waals surface area contributed by atoms with E-state index in [2.05, 4.69) is 21.2 Å². The zero-order valence-corrected chi connectivity index (χ0v) is 11.1. The molecule has 2 rings (SSSR count). The molecule has 0 atom stereocenters. The smallest absolute Gasteiger partial charge is 0.352 e. The second kappa shape index (κ2) is 4.77. The Morgan fingerprint density at radius 2 is 1.83 bits per heavy atom. The Hall–Kier alpha value is -1.89. The topological polar surface area (TPSA) is 83.0 Å². The molecule has 1 N–H and O–H groups in total. The maximum Gasteiger partial charge on any atom is 0.352 e. The van der Waals surface area contributed by atoms with Crippen LogP contribution in [0.2, 0.25) is 0 Å². The lowest BCUT2D eigenvalue weighted by Gasteiger charge is -2.10. The van der Waals surface area contributed by atoms with Crippen LogP contribution >= 0.6 is 15.9 Å². The van der Waals surface area contributed by atoms with Gasteiger partial charge in [0.25, 0.3) is 16.7 Å². The molecule has 94 valence electrons. The summed E-state index contributed by atoms with van der Waals surface area (Å²) >= 11 is 3.12.